The van der Waals surface area contributed by atoms with Crippen LogP contribution in [0.5, 0.6) is 0 Å². The summed E-state index contributed by atoms with van der Waals surface area (Å²) in [5.74, 6) is 0.729. The summed E-state index contributed by atoms with van der Waals surface area (Å²) in [6.45, 7) is 2.47. The number of rotatable bonds is 5. The topological polar surface area (TPSA) is 79.4 Å². The minimum absolute atomic E-state index is 0.200. The van der Waals surface area contributed by atoms with Gasteiger partial charge in [-0.05, 0) is 48.7 Å². The summed E-state index contributed by atoms with van der Waals surface area (Å²) < 4.78 is 22.9. The zero-order chi connectivity index (χ0) is 17.9. The first-order chi connectivity index (χ1) is 11.9. The molecule has 0 radical (unpaired) electrons. The monoisotopic (exact) mass is 359 g/mol. The quantitative estimate of drug-likeness (QED) is 0.883. The van der Waals surface area contributed by atoms with Crippen molar-refractivity contribution in [2.45, 2.75) is 24.3 Å². The van der Waals surface area contributed by atoms with Crippen molar-refractivity contribution in [2.75, 3.05) is 24.2 Å². The average molecular weight is 359 g/mol. The molecule has 6 nitrogen and oxygen atoms in total. The molecule has 25 heavy (non-hydrogen) atoms. The predicted octanol–water partition coefficient (Wildman–Crippen LogP) is 2.02. The van der Waals surface area contributed by atoms with Crippen LogP contribution in [0, 0.1) is 0 Å². The highest BCUT2D eigenvalue weighted by atomic mass is 32.2. The Kier molecular flexibility index (Phi) is 5.03. The lowest BCUT2D eigenvalue weighted by Crippen LogP contribution is -2.23. The lowest BCUT2D eigenvalue weighted by atomic mass is 10.2. The van der Waals surface area contributed by atoms with Crippen molar-refractivity contribution in [2.24, 2.45) is 0 Å². The first kappa shape index (κ1) is 17.4. The zero-order valence-electron chi connectivity index (χ0n) is 14.1. The fourth-order valence-corrected chi connectivity index (χ4v) is 3.42. The van der Waals surface area contributed by atoms with Crippen molar-refractivity contribution in [3.63, 3.8) is 0 Å². The van der Waals surface area contributed by atoms with Crippen LogP contribution in [-0.2, 0) is 16.4 Å². The Morgan fingerprint density at radius 1 is 1.12 bits per heavy atom. The fourth-order valence-electron chi connectivity index (χ4n) is 2.79. The molecule has 2 heterocycles. The number of pyridine rings is 1. The highest BCUT2D eigenvalue weighted by Crippen LogP contribution is 2.17. The summed E-state index contributed by atoms with van der Waals surface area (Å²) >= 11 is 0. The molecule has 0 spiro atoms. The van der Waals surface area contributed by atoms with E-state index >= 15 is 0 Å². The number of carbonyl (C=O) groups is 1. The van der Waals surface area contributed by atoms with E-state index in [1.807, 2.05) is 12.1 Å². The molecule has 1 amide bonds. The Bertz CT molecular complexity index is 840. The second-order valence-corrected chi connectivity index (χ2v) is 8.21. The van der Waals surface area contributed by atoms with Crippen molar-refractivity contribution in [3.8, 4) is 0 Å². The van der Waals surface area contributed by atoms with E-state index in [0.29, 0.717) is 12.1 Å². The summed E-state index contributed by atoms with van der Waals surface area (Å²) in [5, 5.41) is 2.82. The largest absolute Gasteiger partial charge is 0.357 e. The first-order valence-corrected chi connectivity index (χ1v) is 10.1. The zero-order valence-corrected chi connectivity index (χ0v) is 14.9. The van der Waals surface area contributed by atoms with Crippen molar-refractivity contribution < 1.29 is 13.2 Å². The van der Waals surface area contributed by atoms with Crippen LogP contribution in [0.3, 0.4) is 0 Å². The van der Waals surface area contributed by atoms with E-state index in [1.54, 1.807) is 6.20 Å². The molecule has 7 heteroatoms. The molecular formula is C18H21N3O3S. The normalized spacial score (nSPS) is 14.5. The molecule has 0 unspecified atom stereocenters. The molecule has 1 aliphatic rings. The van der Waals surface area contributed by atoms with E-state index in [9.17, 15) is 13.2 Å². The van der Waals surface area contributed by atoms with E-state index in [0.717, 1.165) is 30.7 Å². The van der Waals surface area contributed by atoms with E-state index in [2.05, 4.69) is 15.2 Å². The van der Waals surface area contributed by atoms with Crippen LogP contribution in [0.15, 0.2) is 47.5 Å². The number of carbonyl (C=O) groups excluding carboxylic acids is 1. The molecule has 1 saturated heterocycles. The SMILES string of the molecule is CS(=O)(=O)c1ccc(C(=O)NCc2ccc(N3CCCC3)nc2)cc1. The number of hydrogen-bond donors (Lipinski definition) is 1. The van der Waals surface area contributed by atoms with Gasteiger partial charge in [-0.25, -0.2) is 13.4 Å². The number of nitrogens with one attached hydrogen (secondary N) is 1. The molecule has 1 aromatic carbocycles. The number of anilines is 1. The fraction of sp³-hybridized carbons (Fsp3) is 0.333. The minimum atomic E-state index is -3.26. The number of sulfone groups is 1. The lowest BCUT2D eigenvalue weighted by molar-refractivity contribution is 0.0951. The molecule has 132 valence electrons. The summed E-state index contributed by atoms with van der Waals surface area (Å²) in [7, 11) is -3.26. The van der Waals surface area contributed by atoms with Gasteiger partial charge in [0.15, 0.2) is 9.84 Å². The van der Waals surface area contributed by atoms with Gasteiger partial charge in [0, 0.05) is 37.7 Å². The van der Waals surface area contributed by atoms with E-state index in [4.69, 9.17) is 0 Å². The van der Waals surface area contributed by atoms with Crippen LogP contribution in [0.4, 0.5) is 5.82 Å². The number of nitrogens with zero attached hydrogens (tertiary/aromatic N) is 2. The van der Waals surface area contributed by atoms with Crippen LogP contribution in [0.1, 0.15) is 28.8 Å². The molecule has 0 aliphatic carbocycles. The summed E-state index contributed by atoms with van der Waals surface area (Å²) in [6, 6.07) is 9.86. The van der Waals surface area contributed by atoms with Gasteiger partial charge in [0.2, 0.25) is 0 Å². The Labute approximate surface area is 147 Å². The van der Waals surface area contributed by atoms with Crippen LogP contribution in [0.2, 0.25) is 0 Å². The number of hydrogen-bond acceptors (Lipinski definition) is 5. The van der Waals surface area contributed by atoms with Gasteiger partial charge in [0.05, 0.1) is 4.90 Å². The van der Waals surface area contributed by atoms with Gasteiger partial charge in [-0.15, -0.1) is 0 Å². The van der Waals surface area contributed by atoms with Gasteiger partial charge in [-0.1, -0.05) is 6.07 Å². The Morgan fingerprint density at radius 3 is 2.36 bits per heavy atom. The van der Waals surface area contributed by atoms with Gasteiger partial charge in [-0.3, -0.25) is 4.79 Å². The third-order valence-electron chi connectivity index (χ3n) is 4.24. The maximum atomic E-state index is 12.2. The van der Waals surface area contributed by atoms with Gasteiger partial charge < -0.3 is 10.2 Å². The molecule has 0 atom stereocenters. The van der Waals surface area contributed by atoms with E-state index in [1.165, 1.54) is 37.1 Å². The number of aromatic nitrogens is 1. The summed E-state index contributed by atoms with van der Waals surface area (Å²) in [6.07, 6.45) is 5.33. The van der Waals surface area contributed by atoms with Crippen molar-refractivity contribution in [1.29, 1.82) is 0 Å². The molecule has 1 N–H and O–H groups in total. The van der Waals surface area contributed by atoms with Crippen LogP contribution in [0.25, 0.3) is 0 Å². The van der Waals surface area contributed by atoms with Gasteiger partial charge in [0.1, 0.15) is 5.82 Å². The van der Waals surface area contributed by atoms with Crippen molar-refractivity contribution in [3.05, 3.63) is 53.7 Å². The van der Waals surface area contributed by atoms with Crippen molar-refractivity contribution >= 4 is 21.6 Å². The van der Waals surface area contributed by atoms with Gasteiger partial charge >= 0.3 is 0 Å². The maximum absolute atomic E-state index is 12.2. The third kappa shape index (κ3) is 4.36. The Hall–Kier alpha value is -2.41. The van der Waals surface area contributed by atoms with Crippen LogP contribution >= 0.6 is 0 Å². The predicted molar refractivity (Wildman–Crippen MR) is 96.4 cm³/mol. The molecule has 0 saturated carbocycles. The van der Waals surface area contributed by atoms with Crippen molar-refractivity contribution in [1.82, 2.24) is 10.3 Å². The average Bonchev–Trinajstić information content (AvgIpc) is 3.14. The Balaban J connectivity index is 1.58. The molecule has 2 aromatic rings. The minimum Gasteiger partial charge on any atom is -0.357 e. The second kappa shape index (κ2) is 7.23. The molecule has 1 aliphatic heterocycles. The molecular weight excluding hydrogens is 338 g/mol. The van der Waals surface area contributed by atoms with Gasteiger partial charge in [0.25, 0.3) is 5.91 Å². The number of amides is 1. The summed E-state index contributed by atoms with van der Waals surface area (Å²) in [5.41, 5.74) is 1.35. The standard InChI is InChI=1S/C18H21N3O3S/c1-25(23,24)16-7-5-15(6-8-16)18(22)20-13-14-4-9-17(19-12-14)21-10-2-3-11-21/h4-9,12H,2-3,10-11,13H2,1H3,(H,20,22). The lowest BCUT2D eigenvalue weighted by Gasteiger charge is -2.16. The maximum Gasteiger partial charge on any atom is 0.251 e. The van der Waals surface area contributed by atoms with Crippen LogP contribution < -0.4 is 10.2 Å². The summed E-state index contributed by atoms with van der Waals surface area (Å²) in [4.78, 5) is 19.1. The van der Waals surface area contributed by atoms with Gasteiger partial charge in [-0.2, -0.15) is 0 Å². The highest BCUT2D eigenvalue weighted by molar-refractivity contribution is 7.90. The molecule has 1 aromatic heterocycles. The van der Waals surface area contributed by atoms with E-state index in [-0.39, 0.29) is 10.8 Å². The molecule has 3 rings (SSSR count). The molecule has 0 bridgehead atoms. The van der Waals surface area contributed by atoms with Crippen LogP contribution in [-0.4, -0.2) is 38.7 Å². The highest BCUT2D eigenvalue weighted by Gasteiger charge is 2.13. The smallest absolute Gasteiger partial charge is 0.251 e. The Morgan fingerprint density at radius 2 is 1.80 bits per heavy atom. The first-order valence-electron chi connectivity index (χ1n) is 8.22. The third-order valence-corrected chi connectivity index (χ3v) is 5.37. The number of benzene rings is 1. The van der Waals surface area contributed by atoms with E-state index < -0.39 is 9.84 Å². The second-order valence-electron chi connectivity index (χ2n) is 6.20. The molecule has 1 fully saturated rings.